The Labute approximate surface area is 179 Å². The molecule has 1 aromatic heterocycles. The summed E-state index contributed by atoms with van der Waals surface area (Å²) >= 11 is 0. The lowest BCUT2D eigenvalue weighted by molar-refractivity contribution is 0.259. The van der Waals surface area contributed by atoms with Gasteiger partial charge in [0.05, 0.1) is 18.9 Å². The normalized spacial score (nSPS) is 13.8. The monoisotopic (exact) mass is 461 g/mol. The first kappa shape index (κ1) is 24.8. The van der Waals surface area contributed by atoms with Gasteiger partial charge in [0.1, 0.15) is 5.82 Å². The van der Waals surface area contributed by atoms with E-state index in [9.17, 15) is 26.7 Å². The number of benzene rings is 1. The fourth-order valence-corrected chi connectivity index (χ4v) is 3.39. The molecule has 0 amide bonds. The maximum Gasteiger partial charge on any atom is 0.241 e. The Morgan fingerprint density at radius 2 is 1.61 bits per heavy atom. The summed E-state index contributed by atoms with van der Waals surface area (Å²) in [7, 11) is -3.68. The van der Waals surface area contributed by atoms with E-state index in [2.05, 4.69) is 25.0 Å². The second-order valence-electron chi connectivity index (χ2n) is 7.83. The van der Waals surface area contributed by atoms with E-state index >= 15 is 0 Å². The summed E-state index contributed by atoms with van der Waals surface area (Å²) < 4.78 is 65.8. The summed E-state index contributed by atoms with van der Waals surface area (Å²) in [6, 6.07) is 1.41. The number of aromatic nitrogens is 3. The third kappa shape index (κ3) is 7.62. The Morgan fingerprint density at radius 3 is 2.13 bits per heavy atom. The van der Waals surface area contributed by atoms with Crippen LogP contribution in [0.2, 0.25) is 0 Å². The van der Waals surface area contributed by atoms with Crippen molar-refractivity contribution in [2.24, 2.45) is 5.92 Å². The van der Waals surface area contributed by atoms with Crippen molar-refractivity contribution in [2.75, 3.05) is 22.9 Å². The molecule has 2 aromatic rings. The predicted molar refractivity (Wildman–Crippen MR) is 111 cm³/mol. The lowest BCUT2D eigenvalue weighted by Crippen LogP contribution is -2.27. The summed E-state index contributed by atoms with van der Waals surface area (Å²) in [6.45, 7) is 5.39. The highest BCUT2D eigenvalue weighted by Gasteiger charge is 2.19. The number of hydrogen-bond donors (Lipinski definition) is 3. The molecular formula is C19H26F3N5O3S. The molecule has 0 spiro atoms. The van der Waals surface area contributed by atoms with Gasteiger partial charge in [0.25, 0.3) is 0 Å². The fraction of sp³-hybridized carbons (Fsp3) is 0.526. The van der Waals surface area contributed by atoms with Gasteiger partial charge in [-0.2, -0.15) is 15.0 Å². The molecule has 1 aromatic carbocycles. The lowest BCUT2D eigenvalue weighted by atomic mass is 9.97. The van der Waals surface area contributed by atoms with Gasteiger partial charge in [-0.05, 0) is 36.0 Å². The largest absolute Gasteiger partial charge is 0.394 e. The third-order valence-electron chi connectivity index (χ3n) is 4.33. The number of hydrogen-bond acceptors (Lipinski definition) is 7. The molecule has 12 heteroatoms. The smallest absolute Gasteiger partial charge is 0.241 e. The summed E-state index contributed by atoms with van der Waals surface area (Å²) in [5.74, 6) is -4.47. The van der Waals surface area contributed by atoms with Crippen LogP contribution in [0.1, 0.15) is 44.5 Å². The fourth-order valence-electron chi connectivity index (χ4n) is 2.97. The van der Waals surface area contributed by atoms with E-state index < -0.39 is 33.4 Å². The molecule has 0 saturated carbocycles. The number of anilines is 2. The van der Waals surface area contributed by atoms with Gasteiger partial charge >= 0.3 is 0 Å². The second kappa shape index (κ2) is 10.2. The van der Waals surface area contributed by atoms with Crippen LogP contribution in [0.25, 0.3) is 0 Å². The predicted octanol–water partition coefficient (Wildman–Crippen LogP) is 2.83. The summed E-state index contributed by atoms with van der Waals surface area (Å²) in [6.07, 6.45) is 1.61. The third-order valence-corrected chi connectivity index (χ3v) is 4.89. The number of aliphatic hydroxyl groups is 1. The Hall–Kier alpha value is -2.47. The average molecular weight is 462 g/mol. The van der Waals surface area contributed by atoms with Gasteiger partial charge in [-0.25, -0.2) is 21.6 Å². The van der Waals surface area contributed by atoms with Gasteiger partial charge in [0, 0.05) is 6.42 Å². The van der Waals surface area contributed by atoms with Crippen LogP contribution >= 0.6 is 0 Å². The van der Waals surface area contributed by atoms with Crippen molar-refractivity contribution in [1.29, 1.82) is 0 Å². The molecule has 0 radical (unpaired) electrons. The molecule has 172 valence electrons. The second-order valence-corrected chi connectivity index (χ2v) is 9.58. The molecule has 0 fully saturated rings. The molecule has 3 N–H and O–H groups in total. The van der Waals surface area contributed by atoms with E-state index in [0.29, 0.717) is 6.42 Å². The van der Waals surface area contributed by atoms with Crippen LogP contribution in [0, 0.1) is 23.4 Å². The van der Waals surface area contributed by atoms with Crippen molar-refractivity contribution in [1.82, 2.24) is 15.0 Å². The van der Waals surface area contributed by atoms with Crippen molar-refractivity contribution >= 4 is 21.9 Å². The zero-order valence-electron chi connectivity index (χ0n) is 17.7. The van der Waals surface area contributed by atoms with E-state index in [1.807, 2.05) is 13.8 Å². The number of sulfonamides is 1. The van der Waals surface area contributed by atoms with Gasteiger partial charge in [-0.3, -0.25) is 4.72 Å². The van der Waals surface area contributed by atoms with Crippen LogP contribution in [0.4, 0.5) is 25.1 Å². The van der Waals surface area contributed by atoms with Crippen molar-refractivity contribution in [3.63, 3.8) is 0 Å². The summed E-state index contributed by atoms with van der Waals surface area (Å²) in [4.78, 5) is 12.3. The molecule has 0 unspecified atom stereocenters. The van der Waals surface area contributed by atoms with Crippen LogP contribution in [0.3, 0.4) is 0 Å². The number of aliphatic hydroxyl groups excluding tert-OH is 1. The number of rotatable bonds is 10. The zero-order valence-corrected chi connectivity index (χ0v) is 18.5. The van der Waals surface area contributed by atoms with Gasteiger partial charge in [-0.1, -0.05) is 20.8 Å². The topological polar surface area (TPSA) is 117 Å². The summed E-state index contributed by atoms with van der Waals surface area (Å²) in [5, 5.41) is 12.5. The minimum absolute atomic E-state index is 0.0412. The van der Waals surface area contributed by atoms with Crippen molar-refractivity contribution in [2.45, 2.75) is 45.6 Å². The molecule has 0 aliphatic carbocycles. The Kier molecular flexibility index (Phi) is 8.18. The van der Waals surface area contributed by atoms with Gasteiger partial charge in [0.15, 0.2) is 17.5 Å². The van der Waals surface area contributed by atoms with E-state index in [0.717, 1.165) is 18.4 Å². The highest BCUT2D eigenvalue weighted by atomic mass is 32.2. The zero-order chi connectivity index (χ0) is 23.3. The van der Waals surface area contributed by atoms with Gasteiger partial charge in [0.2, 0.25) is 21.9 Å². The van der Waals surface area contributed by atoms with Crippen molar-refractivity contribution in [3.05, 3.63) is 41.0 Å². The molecule has 0 bridgehead atoms. The number of nitrogens with zero attached hydrogens (tertiary/aromatic N) is 3. The maximum absolute atomic E-state index is 13.6. The molecule has 31 heavy (non-hydrogen) atoms. The maximum atomic E-state index is 13.6. The molecule has 8 nitrogen and oxygen atoms in total. The molecule has 2 rings (SSSR count). The number of nitrogens with one attached hydrogen (secondary N) is 2. The molecular weight excluding hydrogens is 435 g/mol. The standard InChI is InChI=1S/C19H26F3N5O3S/c1-10(2)5-13(9-28)23-18-24-16(25-19(26-18)27-31(4,29)30)6-11(3)12-7-14(20)17(22)15(21)8-12/h7-8,10-11,13,28H,5-6,9H2,1-4H3,(H2,23,24,25,26,27)/t11-,13-/m1/s1. The minimum Gasteiger partial charge on any atom is -0.394 e. The van der Waals surface area contributed by atoms with E-state index in [1.54, 1.807) is 6.92 Å². The van der Waals surface area contributed by atoms with Crippen LogP contribution in [0.15, 0.2) is 12.1 Å². The Bertz CT molecular complexity index is 998. The van der Waals surface area contributed by atoms with Crippen molar-refractivity contribution in [3.8, 4) is 0 Å². The van der Waals surface area contributed by atoms with E-state index in [-0.39, 0.29) is 48.3 Å². The van der Waals surface area contributed by atoms with E-state index in [4.69, 9.17) is 0 Å². The SMILES string of the molecule is CC(C)C[C@H](CO)Nc1nc(C[C@@H](C)c2cc(F)c(F)c(F)c2)nc(NS(C)(=O)=O)n1. The van der Waals surface area contributed by atoms with Gasteiger partial charge in [-0.15, -0.1) is 0 Å². The van der Waals surface area contributed by atoms with Crippen LogP contribution < -0.4 is 10.0 Å². The minimum atomic E-state index is -3.68. The average Bonchev–Trinajstić information content (AvgIpc) is 2.63. The molecule has 2 atom stereocenters. The first-order chi connectivity index (χ1) is 14.4. The Balaban J connectivity index is 2.35. The molecule has 0 saturated heterocycles. The highest BCUT2D eigenvalue weighted by Crippen LogP contribution is 2.24. The van der Waals surface area contributed by atoms with Crippen LogP contribution in [-0.2, 0) is 16.4 Å². The van der Waals surface area contributed by atoms with E-state index in [1.165, 1.54) is 0 Å². The first-order valence-electron chi connectivity index (χ1n) is 9.62. The molecule has 1 heterocycles. The number of halogens is 3. The lowest BCUT2D eigenvalue weighted by Gasteiger charge is -2.19. The van der Waals surface area contributed by atoms with Crippen LogP contribution in [-0.4, -0.2) is 47.4 Å². The molecule has 0 aliphatic heterocycles. The summed E-state index contributed by atoms with van der Waals surface area (Å²) in [5.41, 5.74) is 0.192. The molecule has 0 aliphatic rings. The Morgan fingerprint density at radius 1 is 1.03 bits per heavy atom. The first-order valence-corrected chi connectivity index (χ1v) is 11.5. The van der Waals surface area contributed by atoms with Gasteiger partial charge < -0.3 is 10.4 Å². The quantitative estimate of drug-likeness (QED) is 0.466. The van der Waals surface area contributed by atoms with Crippen molar-refractivity contribution < 1.29 is 26.7 Å². The highest BCUT2D eigenvalue weighted by molar-refractivity contribution is 7.91. The van der Waals surface area contributed by atoms with Crippen LogP contribution in [0.5, 0.6) is 0 Å².